The number of hydrogen-bond acceptors (Lipinski definition) is 5. The first kappa shape index (κ1) is 21.6. The van der Waals surface area contributed by atoms with Gasteiger partial charge in [0.05, 0.1) is 15.8 Å². The van der Waals surface area contributed by atoms with Crippen LogP contribution in [-0.4, -0.2) is 46.8 Å². The Bertz CT molecular complexity index is 1430. The number of nitrogens with zero attached hydrogens (tertiary/aromatic N) is 4. The van der Waals surface area contributed by atoms with Crippen molar-refractivity contribution in [1.29, 1.82) is 0 Å². The molecular weight excluding hydrogens is 432 g/mol. The maximum atomic E-state index is 13.4. The molecule has 0 aliphatic carbocycles. The number of fused-ring (bicyclic) bond motifs is 3. The van der Waals surface area contributed by atoms with Gasteiger partial charge in [-0.1, -0.05) is 30.3 Å². The molecule has 0 N–H and O–H groups in total. The Morgan fingerprint density at radius 1 is 1.03 bits per heavy atom. The molecule has 5 rings (SSSR count). The van der Waals surface area contributed by atoms with Gasteiger partial charge in [0, 0.05) is 42.0 Å². The van der Waals surface area contributed by atoms with Crippen LogP contribution in [0.2, 0.25) is 0 Å². The molecule has 1 aliphatic rings. The highest BCUT2D eigenvalue weighted by atomic mass is 32.1. The van der Waals surface area contributed by atoms with Gasteiger partial charge in [0.2, 0.25) is 5.91 Å². The molecule has 33 heavy (non-hydrogen) atoms. The Balaban J connectivity index is 1.40. The summed E-state index contributed by atoms with van der Waals surface area (Å²) in [6, 6.07) is 13.7. The summed E-state index contributed by atoms with van der Waals surface area (Å²) < 4.78 is 3.35. The third kappa shape index (κ3) is 3.70. The van der Waals surface area contributed by atoms with Gasteiger partial charge in [0.1, 0.15) is 6.04 Å². The summed E-state index contributed by atoms with van der Waals surface area (Å²) in [4.78, 5) is 31.0. The number of carbonyl (C=O) groups is 1. The van der Waals surface area contributed by atoms with Crippen LogP contribution >= 0.6 is 11.3 Å². The Hall–Kier alpha value is -3.19. The van der Waals surface area contributed by atoms with Crippen LogP contribution in [0.25, 0.3) is 20.2 Å². The summed E-state index contributed by atoms with van der Waals surface area (Å²) in [6.07, 6.45) is 0. The molecule has 1 atom stereocenters. The molecule has 6 nitrogen and oxygen atoms in total. The zero-order chi connectivity index (χ0) is 23.3. The summed E-state index contributed by atoms with van der Waals surface area (Å²) in [5.74, 6) is -0.0523. The molecule has 0 unspecified atom stereocenters. The highest BCUT2D eigenvalue weighted by Crippen LogP contribution is 2.33. The SMILES string of the molecule is Cc1ccc(C)c(N2CCN(C(=O)[C@@H](C)n3nc(C)c4sc5ccccc5c4c3=O)CC2)c1. The molecule has 0 radical (unpaired) electrons. The number of hydrogen-bond donors (Lipinski definition) is 0. The normalized spacial score (nSPS) is 15.4. The predicted octanol–water partition coefficient (Wildman–Crippen LogP) is 4.45. The van der Waals surface area contributed by atoms with E-state index in [-0.39, 0.29) is 11.5 Å². The average molecular weight is 461 g/mol. The van der Waals surface area contributed by atoms with Crippen LogP contribution in [0.4, 0.5) is 5.69 Å². The van der Waals surface area contributed by atoms with Crippen LogP contribution in [0.1, 0.15) is 29.8 Å². The van der Waals surface area contributed by atoms with Crippen molar-refractivity contribution in [2.45, 2.75) is 33.7 Å². The number of aromatic nitrogens is 2. The summed E-state index contributed by atoms with van der Waals surface area (Å²) in [6.45, 7) is 10.7. The first-order chi connectivity index (χ1) is 15.8. The molecule has 0 bridgehead atoms. The van der Waals surface area contributed by atoms with Gasteiger partial charge in [0.25, 0.3) is 5.56 Å². The van der Waals surface area contributed by atoms with Crippen molar-refractivity contribution < 1.29 is 4.79 Å². The van der Waals surface area contributed by atoms with E-state index in [9.17, 15) is 9.59 Å². The minimum absolute atomic E-state index is 0.0523. The van der Waals surface area contributed by atoms with Gasteiger partial charge >= 0.3 is 0 Å². The molecule has 7 heteroatoms. The Morgan fingerprint density at radius 3 is 2.52 bits per heavy atom. The maximum absolute atomic E-state index is 13.4. The van der Waals surface area contributed by atoms with Crippen molar-refractivity contribution in [2.24, 2.45) is 0 Å². The number of benzene rings is 2. The number of rotatable bonds is 3. The average Bonchev–Trinajstić information content (AvgIpc) is 3.23. The lowest BCUT2D eigenvalue weighted by Crippen LogP contribution is -2.51. The second-order valence-corrected chi connectivity index (χ2v) is 9.97. The Labute approximate surface area is 197 Å². The van der Waals surface area contributed by atoms with Gasteiger partial charge in [-0.15, -0.1) is 11.3 Å². The first-order valence-corrected chi connectivity index (χ1v) is 12.2. The summed E-state index contributed by atoms with van der Waals surface area (Å²) >= 11 is 1.58. The molecule has 1 fully saturated rings. The van der Waals surface area contributed by atoms with E-state index in [1.807, 2.05) is 36.1 Å². The van der Waals surface area contributed by atoms with Crippen molar-refractivity contribution in [3.63, 3.8) is 0 Å². The fourth-order valence-electron chi connectivity index (χ4n) is 4.74. The number of anilines is 1. The molecule has 4 aromatic rings. The zero-order valence-corrected chi connectivity index (χ0v) is 20.3. The summed E-state index contributed by atoms with van der Waals surface area (Å²) in [5, 5.41) is 6.16. The molecule has 1 aliphatic heterocycles. The van der Waals surface area contributed by atoms with Gasteiger partial charge in [-0.3, -0.25) is 9.59 Å². The summed E-state index contributed by atoms with van der Waals surface area (Å²) in [7, 11) is 0. The largest absolute Gasteiger partial charge is 0.368 e. The van der Waals surface area contributed by atoms with Gasteiger partial charge in [-0.2, -0.15) is 5.10 Å². The van der Waals surface area contributed by atoms with Crippen molar-refractivity contribution >= 4 is 43.1 Å². The van der Waals surface area contributed by atoms with Crippen molar-refractivity contribution in [3.8, 4) is 0 Å². The standard InChI is InChI=1S/C26H28N4O2S/c1-16-9-10-17(2)21(15-16)28-11-13-29(14-12-28)25(31)19(4)30-26(32)23-20-7-5-6-8-22(20)33-24(23)18(3)27-30/h5-10,15,19H,11-14H2,1-4H3/t19-/m1/s1. The Kier molecular flexibility index (Phi) is 5.44. The minimum atomic E-state index is -0.647. The number of thiophene rings is 1. The van der Waals surface area contributed by atoms with Crippen molar-refractivity contribution in [1.82, 2.24) is 14.7 Å². The van der Waals surface area contributed by atoms with Gasteiger partial charge in [-0.25, -0.2) is 4.68 Å². The van der Waals surface area contributed by atoms with Gasteiger partial charge < -0.3 is 9.80 Å². The number of carbonyl (C=O) groups excluding carboxylic acids is 1. The van der Waals surface area contributed by atoms with Crippen molar-refractivity contribution in [3.05, 3.63) is 69.6 Å². The van der Waals surface area contributed by atoms with E-state index in [2.05, 4.69) is 42.0 Å². The number of amides is 1. The Morgan fingerprint density at radius 2 is 1.76 bits per heavy atom. The third-order valence-electron chi connectivity index (χ3n) is 6.62. The smallest absolute Gasteiger partial charge is 0.276 e. The van der Waals surface area contributed by atoms with Crippen molar-refractivity contribution in [2.75, 3.05) is 31.1 Å². The van der Waals surface area contributed by atoms with E-state index >= 15 is 0 Å². The molecule has 2 aromatic heterocycles. The highest BCUT2D eigenvalue weighted by Gasteiger charge is 2.28. The van der Waals surface area contributed by atoms with E-state index in [0.29, 0.717) is 18.5 Å². The fraction of sp³-hybridized carbons (Fsp3) is 0.346. The van der Waals surface area contributed by atoms with E-state index in [1.54, 1.807) is 18.3 Å². The van der Waals surface area contributed by atoms with Crippen LogP contribution in [0.5, 0.6) is 0 Å². The fourth-order valence-corrected chi connectivity index (χ4v) is 5.87. The summed E-state index contributed by atoms with van der Waals surface area (Å²) in [5.41, 5.74) is 4.31. The molecule has 0 spiro atoms. The minimum Gasteiger partial charge on any atom is -0.368 e. The second kappa shape index (κ2) is 8.30. The van der Waals surface area contributed by atoms with Crippen LogP contribution in [0.15, 0.2) is 47.3 Å². The lowest BCUT2D eigenvalue weighted by molar-refractivity contribution is -0.135. The molecule has 3 heterocycles. The van der Waals surface area contributed by atoms with Crippen LogP contribution < -0.4 is 10.5 Å². The molecule has 2 aromatic carbocycles. The molecule has 170 valence electrons. The lowest BCUT2D eigenvalue weighted by Gasteiger charge is -2.38. The number of piperazine rings is 1. The predicted molar refractivity (Wildman–Crippen MR) is 136 cm³/mol. The maximum Gasteiger partial charge on any atom is 0.276 e. The second-order valence-electron chi connectivity index (χ2n) is 8.92. The molecule has 1 amide bonds. The topological polar surface area (TPSA) is 58.4 Å². The third-order valence-corrected chi connectivity index (χ3v) is 7.90. The van der Waals surface area contributed by atoms with Crippen LogP contribution in [0, 0.1) is 20.8 Å². The molecular formula is C26H28N4O2S. The number of aryl methyl sites for hydroxylation is 3. The van der Waals surface area contributed by atoms with Crippen LogP contribution in [-0.2, 0) is 4.79 Å². The van der Waals surface area contributed by atoms with E-state index in [1.165, 1.54) is 21.5 Å². The highest BCUT2D eigenvalue weighted by molar-refractivity contribution is 7.26. The monoisotopic (exact) mass is 460 g/mol. The van der Waals surface area contributed by atoms with E-state index < -0.39 is 6.04 Å². The van der Waals surface area contributed by atoms with E-state index in [4.69, 9.17) is 0 Å². The first-order valence-electron chi connectivity index (χ1n) is 11.4. The van der Waals surface area contributed by atoms with E-state index in [0.717, 1.165) is 33.6 Å². The molecule has 0 saturated carbocycles. The lowest BCUT2D eigenvalue weighted by atomic mass is 10.1. The van der Waals surface area contributed by atoms with Gasteiger partial charge in [0.15, 0.2) is 0 Å². The quantitative estimate of drug-likeness (QED) is 0.453. The van der Waals surface area contributed by atoms with Crippen LogP contribution in [0.3, 0.4) is 0 Å². The molecule has 1 saturated heterocycles. The van der Waals surface area contributed by atoms with Gasteiger partial charge in [-0.05, 0) is 51.0 Å². The zero-order valence-electron chi connectivity index (χ0n) is 19.5.